The van der Waals surface area contributed by atoms with Gasteiger partial charge in [0.2, 0.25) is 0 Å². The molecule has 7 aliphatic carbocycles. The minimum atomic E-state index is -6.32. The molecule has 8 fully saturated rings. The van der Waals surface area contributed by atoms with Crippen LogP contribution in [0.1, 0.15) is 58.3 Å². The summed E-state index contributed by atoms with van der Waals surface area (Å²) in [5.74, 6) is -5.32. The van der Waals surface area contributed by atoms with Crippen molar-refractivity contribution in [1.29, 1.82) is 0 Å². The van der Waals surface area contributed by atoms with Crippen molar-refractivity contribution in [2.75, 3.05) is 0 Å². The highest BCUT2D eigenvalue weighted by molar-refractivity contribution is 7.87. The van der Waals surface area contributed by atoms with Gasteiger partial charge in [0.15, 0.2) is 10.1 Å². The molecule has 200 valence electrons. The maximum Gasteiger partial charge on any atom is 0.428 e. The van der Waals surface area contributed by atoms with Gasteiger partial charge in [-0.05, 0) is 75.0 Å². The van der Waals surface area contributed by atoms with E-state index in [1.54, 1.807) is 0 Å². The molecule has 8 aliphatic rings. The first-order chi connectivity index (χ1) is 16.9. The summed E-state index contributed by atoms with van der Waals surface area (Å²) >= 11 is 0. The lowest BCUT2D eigenvalue weighted by atomic mass is 9.49. The molecule has 36 heavy (non-hydrogen) atoms. The number of hydrogen-bond donors (Lipinski definition) is 0. The third-order valence-electron chi connectivity index (χ3n) is 10.3. The van der Waals surface area contributed by atoms with Crippen molar-refractivity contribution >= 4 is 28.0 Å². The van der Waals surface area contributed by atoms with Gasteiger partial charge in [-0.2, -0.15) is 8.78 Å². The summed E-state index contributed by atoms with van der Waals surface area (Å²) < 4.78 is 77.1. The van der Waals surface area contributed by atoms with Crippen LogP contribution in [0, 0.1) is 47.3 Å². The first-order valence-corrected chi connectivity index (χ1v) is 14.3. The Morgan fingerprint density at radius 3 is 2.22 bits per heavy atom. The van der Waals surface area contributed by atoms with E-state index in [1.165, 1.54) is 6.42 Å². The molecular formula is C24H29F2O9S-. The van der Waals surface area contributed by atoms with Crippen LogP contribution in [0.4, 0.5) is 8.78 Å². The highest BCUT2D eigenvalue weighted by atomic mass is 32.2. The first-order valence-electron chi connectivity index (χ1n) is 12.8. The average Bonchev–Trinajstić information content (AvgIpc) is 3.10. The van der Waals surface area contributed by atoms with Crippen LogP contribution in [0.25, 0.3) is 0 Å². The smallest absolute Gasteiger partial charge is 0.428 e. The highest BCUT2D eigenvalue weighted by Crippen LogP contribution is 2.62. The van der Waals surface area contributed by atoms with Crippen molar-refractivity contribution in [2.24, 2.45) is 47.3 Å². The van der Waals surface area contributed by atoms with Gasteiger partial charge in [0.1, 0.15) is 17.8 Å². The minimum Gasteiger partial charge on any atom is -0.743 e. The average molecular weight is 532 g/mol. The van der Waals surface area contributed by atoms with Crippen molar-refractivity contribution in [3.05, 3.63) is 0 Å². The molecule has 0 radical (unpaired) electrons. The Labute approximate surface area is 207 Å². The lowest BCUT2D eigenvalue weighted by molar-refractivity contribution is -0.225. The number of esters is 3. The molecule has 7 saturated carbocycles. The van der Waals surface area contributed by atoms with E-state index in [1.807, 2.05) is 6.92 Å². The molecule has 0 amide bonds. The van der Waals surface area contributed by atoms with Crippen LogP contribution >= 0.6 is 0 Å². The topological polar surface area (TPSA) is 136 Å². The van der Waals surface area contributed by atoms with E-state index in [0.29, 0.717) is 24.7 Å². The van der Waals surface area contributed by atoms with E-state index in [4.69, 9.17) is 14.2 Å². The molecule has 0 aromatic carbocycles. The number of carbonyl (C=O) groups is 3. The Morgan fingerprint density at radius 2 is 1.67 bits per heavy atom. The number of alkyl halides is 2. The molecule has 0 N–H and O–H groups in total. The molecule has 1 saturated heterocycles. The number of rotatable bonds is 6. The monoisotopic (exact) mass is 531 g/mol. The molecule has 0 aromatic heterocycles. The van der Waals surface area contributed by atoms with Gasteiger partial charge in [-0.25, -0.2) is 13.2 Å². The fraction of sp³-hybridized carbons (Fsp3) is 0.875. The lowest BCUT2D eigenvalue weighted by Gasteiger charge is -2.60. The number of hydrogen-bond acceptors (Lipinski definition) is 9. The predicted molar refractivity (Wildman–Crippen MR) is 114 cm³/mol. The summed E-state index contributed by atoms with van der Waals surface area (Å²) in [6, 6.07) is 0. The van der Waals surface area contributed by atoms with Crippen LogP contribution < -0.4 is 0 Å². The normalized spacial score (nSPS) is 46.5. The van der Waals surface area contributed by atoms with E-state index in [0.717, 1.165) is 25.7 Å². The summed E-state index contributed by atoms with van der Waals surface area (Å²) in [5, 5.41) is -5.30. The zero-order valence-corrected chi connectivity index (χ0v) is 20.6. The van der Waals surface area contributed by atoms with Crippen LogP contribution in [0.15, 0.2) is 0 Å². The van der Waals surface area contributed by atoms with Crippen molar-refractivity contribution < 1.29 is 50.3 Å². The summed E-state index contributed by atoms with van der Waals surface area (Å²) in [5.41, 5.74) is -0.640. The lowest BCUT2D eigenvalue weighted by Crippen LogP contribution is -2.62. The molecule has 6 unspecified atom stereocenters. The van der Waals surface area contributed by atoms with Gasteiger partial charge in [0.05, 0.1) is 11.8 Å². The largest absolute Gasteiger partial charge is 0.743 e. The predicted octanol–water partition coefficient (Wildman–Crippen LogP) is 2.38. The molecule has 0 aromatic rings. The van der Waals surface area contributed by atoms with Crippen molar-refractivity contribution in [3.8, 4) is 0 Å². The molecule has 8 rings (SSSR count). The van der Waals surface area contributed by atoms with Crippen LogP contribution in [0.3, 0.4) is 0 Å². The van der Waals surface area contributed by atoms with E-state index >= 15 is 0 Å². The second-order valence-electron chi connectivity index (χ2n) is 11.7. The van der Waals surface area contributed by atoms with Gasteiger partial charge < -0.3 is 18.8 Å². The Kier molecular flexibility index (Phi) is 5.34. The van der Waals surface area contributed by atoms with E-state index < -0.39 is 74.8 Å². The first kappa shape index (κ1) is 24.5. The van der Waals surface area contributed by atoms with E-state index in [-0.39, 0.29) is 18.3 Å². The molecule has 0 spiro atoms. The van der Waals surface area contributed by atoms with Crippen molar-refractivity contribution in [2.45, 2.75) is 81.4 Å². The van der Waals surface area contributed by atoms with Gasteiger partial charge in [-0.3, -0.25) is 9.59 Å². The standard InChI is InChI=1S/C24H30F2O9S/c1-2-23(12-6-10-5-11(8-12)9-13(23)7-10)35-21(28)17-15-4-3-14-16(17)20(27)33-18(14)19(15)34-22(29)24(25,26)36(30,31)32/h10-19H,2-9H2,1H3,(H,30,31,32)/p-1. The quantitative estimate of drug-likeness (QED) is 0.287. The molecule has 12 heteroatoms. The summed E-state index contributed by atoms with van der Waals surface area (Å²) in [4.78, 5) is 38.6. The van der Waals surface area contributed by atoms with Crippen LogP contribution in [-0.2, 0) is 38.7 Å². The highest BCUT2D eigenvalue weighted by Gasteiger charge is 2.68. The minimum absolute atomic E-state index is 0.237. The SMILES string of the molecule is CCC1(OC(=O)C2C3CCC4C(OC(=O)C42)C3OC(=O)C(F)(F)S(=O)(=O)[O-])C2CC3CC(C2)CC1C3. The maximum atomic E-state index is 13.9. The van der Waals surface area contributed by atoms with Crippen molar-refractivity contribution in [3.63, 3.8) is 0 Å². The van der Waals surface area contributed by atoms with Gasteiger partial charge in [-0.15, -0.1) is 0 Å². The molecule has 1 aliphatic heterocycles. The number of fused-ring (bicyclic) bond motifs is 1. The zero-order valence-electron chi connectivity index (χ0n) is 19.8. The van der Waals surface area contributed by atoms with Crippen molar-refractivity contribution in [1.82, 2.24) is 0 Å². The van der Waals surface area contributed by atoms with Gasteiger partial charge in [0, 0.05) is 11.8 Å². The Hall–Kier alpha value is -1.82. The van der Waals surface area contributed by atoms with Gasteiger partial charge in [-0.1, -0.05) is 6.92 Å². The fourth-order valence-corrected chi connectivity index (χ4v) is 9.27. The van der Waals surface area contributed by atoms with Crippen LogP contribution in [-0.4, -0.2) is 53.9 Å². The van der Waals surface area contributed by atoms with E-state index in [9.17, 15) is 36.1 Å². The maximum absolute atomic E-state index is 13.9. The fourth-order valence-electron chi connectivity index (χ4n) is 9.01. The summed E-state index contributed by atoms with van der Waals surface area (Å²) in [7, 11) is -6.32. The molecular weight excluding hydrogens is 502 g/mol. The third kappa shape index (κ3) is 3.25. The molecule has 1 heterocycles. The van der Waals surface area contributed by atoms with Crippen LogP contribution in [0.2, 0.25) is 0 Å². The number of halogens is 2. The zero-order chi connectivity index (χ0) is 25.8. The van der Waals surface area contributed by atoms with E-state index in [2.05, 4.69) is 0 Å². The second kappa shape index (κ2) is 7.85. The van der Waals surface area contributed by atoms with Gasteiger partial charge in [0.25, 0.3) is 0 Å². The number of ether oxygens (including phenoxy) is 3. The Morgan fingerprint density at radius 1 is 1.08 bits per heavy atom. The van der Waals surface area contributed by atoms with Gasteiger partial charge >= 0.3 is 23.2 Å². The molecule has 8 bridgehead atoms. The molecule has 9 nitrogen and oxygen atoms in total. The second-order valence-corrected chi connectivity index (χ2v) is 13.2. The summed E-state index contributed by atoms with van der Waals surface area (Å²) in [6.07, 6.45) is 4.08. The molecule has 6 atom stereocenters. The Bertz CT molecular complexity index is 1080. The summed E-state index contributed by atoms with van der Waals surface area (Å²) in [6.45, 7) is 2.00. The third-order valence-corrected chi connectivity index (χ3v) is 11.1. The Balaban J connectivity index is 1.28. The number of carbonyl (C=O) groups excluding carboxylic acids is 3. The van der Waals surface area contributed by atoms with Crippen LogP contribution in [0.5, 0.6) is 0 Å².